The average molecular weight is 497 g/mol. The number of hydrogen-bond acceptors (Lipinski definition) is 3. The maximum absolute atomic E-state index is 5.95. The van der Waals surface area contributed by atoms with Crippen LogP contribution in [-0.4, -0.2) is 24.6 Å². The fourth-order valence-corrected chi connectivity index (χ4v) is 5.76. The molecule has 0 radical (unpaired) electrons. The summed E-state index contributed by atoms with van der Waals surface area (Å²) in [6.45, 7) is 10.5. The second-order valence-corrected chi connectivity index (χ2v) is 17.1. The van der Waals surface area contributed by atoms with Gasteiger partial charge in [0.1, 0.15) is 5.75 Å². The van der Waals surface area contributed by atoms with E-state index in [0.717, 1.165) is 36.6 Å². The van der Waals surface area contributed by atoms with Gasteiger partial charge in [-0.25, -0.2) is 9.97 Å². The molecule has 0 atom stereocenters. The van der Waals surface area contributed by atoms with E-state index >= 15 is 0 Å². The highest BCUT2D eigenvalue weighted by molar-refractivity contribution is 6.76. The smallest absolute Gasteiger partial charge is 0.159 e. The Hall–Kier alpha value is -1.68. The van der Waals surface area contributed by atoms with E-state index < -0.39 is 8.07 Å². The summed E-state index contributed by atoms with van der Waals surface area (Å²) in [6.07, 6.45) is 23.8. The first kappa shape index (κ1) is 29.5. The molecule has 2 rings (SSSR count). The standard InChI is InChI=1S/C31H52N2OSi/c1-5-6-7-8-13-16-19-28-26-32-31(33-27-28)29-20-22-30(23-21-29)34-24-17-14-11-9-10-12-15-18-25-35(2,3)4/h20-23,26-27H,5-19,24-25H2,1-4H3. The summed E-state index contributed by atoms with van der Waals surface area (Å²) >= 11 is 0. The molecule has 0 bridgehead atoms. The predicted molar refractivity (Wildman–Crippen MR) is 155 cm³/mol. The average Bonchev–Trinajstić information content (AvgIpc) is 2.85. The van der Waals surface area contributed by atoms with Crippen LogP contribution in [0.1, 0.15) is 102 Å². The molecule has 0 unspecified atom stereocenters. The lowest BCUT2D eigenvalue weighted by Crippen LogP contribution is -2.18. The Bertz CT molecular complexity index is 768. The minimum Gasteiger partial charge on any atom is -0.494 e. The molecule has 0 aliphatic carbocycles. The van der Waals surface area contributed by atoms with Crippen LogP contribution in [0.2, 0.25) is 25.7 Å². The van der Waals surface area contributed by atoms with Gasteiger partial charge < -0.3 is 4.74 Å². The lowest BCUT2D eigenvalue weighted by Gasteiger charge is -2.14. The molecule has 0 fully saturated rings. The molecule has 0 saturated heterocycles. The van der Waals surface area contributed by atoms with Crippen LogP contribution in [-0.2, 0) is 6.42 Å². The summed E-state index contributed by atoms with van der Waals surface area (Å²) in [5.41, 5.74) is 2.29. The SMILES string of the molecule is CCCCCCCCc1cnc(-c2ccc(OCCCCCCCCCC[Si](C)(C)C)cc2)nc1. The zero-order valence-corrected chi connectivity index (χ0v) is 24.3. The van der Waals surface area contributed by atoms with Crippen molar-refractivity contribution in [3.63, 3.8) is 0 Å². The van der Waals surface area contributed by atoms with Crippen molar-refractivity contribution in [3.8, 4) is 17.1 Å². The number of nitrogens with zero attached hydrogens (tertiary/aromatic N) is 2. The molecule has 0 N–H and O–H groups in total. The zero-order valence-electron chi connectivity index (χ0n) is 23.3. The van der Waals surface area contributed by atoms with E-state index in [9.17, 15) is 0 Å². The molecule has 4 heteroatoms. The van der Waals surface area contributed by atoms with Crippen molar-refractivity contribution in [2.45, 2.75) is 129 Å². The van der Waals surface area contributed by atoms with Crippen molar-refractivity contribution in [1.29, 1.82) is 0 Å². The maximum atomic E-state index is 5.95. The van der Waals surface area contributed by atoms with Crippen LogP contribution in [0.4, 0.5) is 0 Å². The quantitative estimate of drug-likeness (QED) is 0.135. The Morgan fingerprint density at radius 1 is 0.657 bits per heavy atom. The van der Waals surface area contributed by atoms with Gasteiger partial charge in [0.15, 0.2) is 5.82 Å². The van der Waals surface area contributed by atoms with E-state index in [-0.39, 0.29) is 0 Å². The Morgan fingerprint density at radius 2 is 1.20 bits per heavy atom. The van der Waals surface area contributed by atoms with Crippen LogP contribution in [0, 0.1) is 0 Å². The highest BCUT2D eigenvalue weighted by Gasteiger charge is 2.11. The fraction of sp³-hybridized carbons (Fsp3) is 0.677. The number of aromatic nitrogens is 2. The molecule has 1 aromatic carbocycles. The van der Waals surface area contributed by atoms with Crippen LogP contribution < -0.4 is 4.74 Å². The van der Waals surface area contributed by atoms with Crippen molar-refractivity contribution in [2.24, 2.45) is 0 Å². The molecule has 3 nitrogen and oxygen atoms in total. The largest absolute Gasteiger partial charge is 0.494 e. The summed E-state index contributed by atoms with van der Waals surface area (Å²) in [6, 6.07) is 9.72. The van der Waals surface area contributed by atoms with Crippen molar-refractivity contribution in [1.82, 2.24) is 9.97 Å². The fourth-order valence-electron chi connectivity index (χ4n) is 4.45. The van der Waals surface area contributed by atoms with Crippen molar-refractivity contribution in [2.75, 3.05) is 6.61 Å². The van der Waals surface area contributed by atoms with Crippen LogP contribution in [0.3, 0.4) is 0 Å². The van der Waals surface area contributed by atoms with E-state index in [1.165, 1.54) is 95.1 Å². The summed E-state index contributed by atoms with van der Waals surface area (Å²) in [4.78, 5) is 9.19. The van der Waals surface area contributed by atoms with Gasteiger partial charge in [0.05, 0.1) is 6.61 Å². The number of aryl methyl sites for hydroxylation is 1. The highest BCUT2D eigenvalue weighted by Crippen LogP contribution is 2.20. The van der Waals surface area contributed by atoms with Crippen LogP contribution in [0.5, 0.6) is 5.75 Å². The Balaban J connectivity index is 1.54. The van der Waals surface area contributed by atoms with Gasteiger partial charge in [-0.1, -0.05) is 110 Å². The minimum atomic E-state index is -0.827. The Kier molecular flexibility index (Phi) is 14.9. The van der Waals surface area contributed by atoms with Gasteiger partial charge in [-0.3, -0.25) is 0 Å². The Labute approximate surface area is 217 Å². The van der Waals surface area contributed by atoms with Gasteiger partial charge in [0, 0.05) is 26.0 Å². The summed E-state index contributed by atoms with van der Waals surface area (Å²) in [7, 11) is -0.827. The second-order valence-electron chi connectivity index (χ2n) is 11.4. The third kappa shape index (κ3) is 14.5. The predicted octanol–water partition coefficient (Wildman–Crippen LogP) is 9.88. The van der Waals surface area contributed by atoms with E-state index in [2.05, 4.69) is 48.7 Å². The van der Waals surface area contributed by atoms with Crippen molar-refractivity contribution >= 4 is 8.07 Å². The first-order chi connectivity index (χ1) is 17.0. The zero-order chi connectivity index (χ0) is 25.2. The van der Waals surface area contributed by atoms with Gasteiger partial charge in [0.2, 0.25) is 0 Å². The van der Waals surface area contributed by atoms with Gasteiger partial charge >= 0.3 is 0 Å². The van der Waals surface area contributed by atoms with Gasteiger partial charge in [-0.15, -0.1) is 0 Å². The minimum absolute atomic E-state index is 0.795. The molecule has 1 aromatic heterocycles. The molecule has 0 aliphatic heterocycles. The lowest BCUT2D eigenvalue weighted by atomic mass is 10.1. The van der Waals surface area contributed by atoms with Crippen molar-refractivity contribution in [3.05, 3.63) is 42.2 Å². The monoisotopic (exact) mass is 496 g/mol. The molecule has 0 aliphatic rings. The molecule has 35 heavy (non-hydrogen) atoms. The molecule has 0 spiro atoms. The number of unbranched alkanes of at least 4 members (excludes halogenated alkanes) is 12. The molecular formula is C31H52N2OSi. The van der Waals surface area contributed by atoms with Crippen LogP contribution in [0.25, 0.3) is 11.4 Å². The molecule has 0 amide bonds. The number of hydrogen-bond donors (Lipinski definition) is 0. The third-order valence-electron chi connectivity index (χ3n) is 6.73. The second kappa shape index (κ2) is 17.7. The van der Waals surface area contributed by atoms with Gasteiger partial charge in [0.25, 0.3) is 0 Å². The lowest BCUT2D eigenvalue weighted by molar-refractivity contribution is 0.304. The third-order valence-corrected chi connectivity index (χ3v) is 8.58. The first-order valence-corrected chi connectivity index (χ1v) is 18.2. The molecule has 0 saturated carbocycles. The summed E-state index contributed by atoms with van der Waals surface area (Å²) in [5, 5.41) is 0. The maximum Gasteiger partial charge on any atom is 0.159 e. The van der Waals surface area contributed by atoms with E-state index in [0.29, 0.717) is 0 Å². The topological polar surface area (TPSA) is 35.0 Å². The molecule has 2 aromatic rings. The van der Waals surface area contributed by atoms with Crippen LogP contribution in [0.15, 0.2) is 36.7 Å². The van der Waals surface area contributed by atoms with Crippen LogP contribution >= 0.6 is 0 Å². The molecular weight excluding hydrogens is 444 g/mol. The van der Waals surface area contributed by atoms with Gasteiger partial charge in [-0.05, 0) is 49.1 Å². The highest BCUT2D eigenvalue weighted by atomic mass is 28.3. The molecule has 196 valence electrons. The van der Waals surface area contributed by atoms with E-state index in [1.807, 2.05) is 24.5 Å². The normalized spacial score (nSPS) is 11.7. The summed E-state index contributed by atoms with van der Waals surface area (Å²) in [5.74, 6) is 1.74. The number of ether oxygens (including phenoxy) is 1. The van der Waals surface area contributed by atoms with Gasteiger partial charge in [-0.2, -0.15) is 0 Å². The van der Waals surface area contributed by atoms with E-state index in [1.54, 1.807) is 0 Å². The first-order valence-electron chi connectivity index (χ1n) is 14.5. The van der Waals surface area contributed by atoms with Crippen molar-refractivity contribution < 1.29 is 4.74 Å². The number of rotatable bonds is 20. The number of benzene rings is 1. The Morgan fingerprint density at radius 3 is 1.80 bits per heavy atom. The molecule has 1 heterocycles. The summed E-state index contributed by atoms with van der Waals surface area (Å²) < 4.78 is 5.95. The van der Waals surface area contributed by atoms with E-state index in [4.69, 9.17) is 4.74 Å².